The molecule has 0 heterocycles. The van der Waals surface area contributed by atoms with Crippen LogP contribution in [0.4, 0.5) is 0 Å². The molecule has 0 amide bonds. The summed E-state index contributed by atoms with van der Waals surface area (Å²) in [6, 6.07) is 0. The third-order valence-corrected chi connectivity index (χ3v) is 0. The first-order chi connectivity index (χ1) is 6.93. The molecule has 8 nitrogen and oxygen atoms in total. The molecule has 100 valence electrons. The molecule has 0 bridgehead atoms. The first-order valence-corrected chi connectivity index (χ1v) is 5.50. The summed E-state index contributed by atoms with van der Waals surface area (Å²) >= 11 is -5.72. The molecule has 2 atom stereocenters. The molecular formula is C6H14Na2O8S2. The first kappa shape index (κ1) is 36.6. The zero-order valence-electron chi connectivity index (χ0n) is 11.2. The van der Waals surface area contributed by atoms with Crippen LogP contribution in [0.5, 0.6) is 0 Å². The van der Waals surface area contributed by atoms with E-state index in [0.717, 1.165) is 0 Å². The third kappa shape index (κ3) is 2170. The maximum absolute atomic E-state index is 9.44. The summed E-state index contributed by atoms with van der Waals surface area (Å²) in [5, 5.41) is 0. The van der Waals surface area contributed by atoms with Crippen LogP contribution in [0.25, 0.3) is 0 Å². The van der Waals surface area contributed by atoms with Gasteiger partial charge in [0.1, 0.15) is 11.6 Å². The Kier molecular flexibility index (Phi) is 63.2. The minimum absolute atomic E-state index is 0. The number of hydrogen-bond acceptors (Lipinski definition) is 6. The SMILES string of the molecule is CC(C)=O.CC(C)=O.O=S([O-])O.O=S([O-])O.[Na+].[Na+]. The van der Waals surface area contributed by atoms with Crippen LogP contribution in [-0.4, -0.2) is 38.2 Å². The van der Waals surface area contributed by atoms with Gasteiger partial charge in [-0.3, -0.25) is 0 Å². The summed E-state index contributed by atoms with van der Waals surface area (Å²) in [4.78, 5) is 18.9. The van der Waals surface area contributed by atoms with Crippen LogP contribution < -0.4 is 59.1 Å². The van der Waals surface area contributed by atoms with Crippen LogP contribution in [0.1, 0.15) is 27.7 Å². The molecule has 0 aromatic heterocycles. The van der Waals surface area contributed by atoms with Crippen molar-refractivity contribution in [1.29, 1.82) is 0 Å². The van der Waals surface area contributed by atoms with Crippen molar-refractivity contribution in [3.8, 4) is 0 Å². The second-order valence-corrected chi connectivity index (χ2v) is 3.12. The number of carbonyl (C=O) groups is 2. The van der Waals surface area contributed by atoms with Gasteiger partial charge in [-0.15, -0.1) is 0 Å². The van der Waals surface area contributed by atoms with Crippen molar-refractivity contribution in [2.75, 3.05) is 0 Å². The van der Waals surface area contributed by atoms with Gasteiger partial charge < -0.3 is 27.8 Å². The largest absolute Gasteiger partial charge is 1.00 e. The van der Waals surface area contributed by atoms with Gasteiger partial charge in [0, 0.05) is 0 Å². The van der Waals surface area contributed by atoms with E-state index in [0.29, 0.717) is 0 Å². The van der Waals surface area contributed by atoms with Gasteiger partial charge >= 0.3 is 59.1 Å². The quantitative estimate of drug-likeness (QED) is 0.329. The van der Waals surface area contributed by atoms with Gasteiger partial charge in [-0.1, -0.05) is 0 Å². The fourth-order valence-corrected chi connectivity index (χ4v) is 0. The van der Waals surface area contributed by atoms with Crippen molar-refractivity contribution < 1.29 is 95.3 Å². The van der Waals surface area contributed by atoms with Crippen molar-refractivity contribution >= 4 is 34.3 Å². The Bertz CT molecular complexity index is 172. The number of Topliss-reactive ketones (excluding diaryl/α,β-unsaturated/α-hetero) is 2. The van der Waals surface area contributed by atoms with E-state index in [9.17, 15) is 9.59 Å². The molecule has 0 aromatic rings. The summed E-state index contributed by atoms with van der Waals surface area (Å²) in [5.41, 5.74) is 0. The van der Waals surface area contributed by atoms with E-state index in [-0.39, 0.29) is 70.7 Å². The minimum atomic E-state index is -2.86. The van der Waals surface area contributed by atoms with E-state index in [1.54, 1.807) is 0 Å². The maximum Gasteiger partial charge on any atom is 1.00 e. The molecule has 12 heteroatoms. The molecule has 0 aliphatic rings. The van der Waals surface area contributed by atoms with Crippen molar-refractivity contribution in [2.24, 2.45) is 0 Å². The topological polar surface area (TPSA) is 155 Å². The van der Waals surface area contributed by atoms with Crippen LogP contribution in [0.2, 0.25) is 0 Å². The average molecular weight is 324 g/mol. The molecule has 18 heavy (non-hydrogen) atoms. The molecule has 0 spiro atoms. The van der Waals surface area contributed by atoms with E-state index in [2.05, 4.69) is 0 Å². The van der Waals surface area contributed by atoms with E-state index < -0.39 is 22.7 Å². The zero-order chi connectivity index (χ0) is 14.3. The van der Waals surface area contributed by atoms with Crippen molar-refractivity contribution in [3.63, 3.8) is 0 Å². The molecule has 0 aliphatic carbocycles. The zero-order valence-corrected chi connectivity index (χ0v) is 16.8. The Morgan fingerprint density at radius 1 is 0.778 bits per heavy atom. The van der Waals surface area contributed by atoms with Crippen LogP contribution >= 0.6 is 0 Å². The molecule has 0 aliphatic heterocycles. The van der Waals surface area contributed by atoms with E-state index in [1.165, 1.54) is 27.7 Å². The average Bonchev–Trinajstić information content (AvgIpc) is 1.76. The third-order valence-electron chi connectivity index (χ3n) is 0. The molecule has 0 fully saturated rings. The van der Waals surface area contributed by atoms with Gasteiger partial charge in [0.15, 0.2) is 0 Å². The number of rotatable bonds is 0. The predicted octanol–water partition coefficient (Wildman–Crippen LogP) is -6.12. The Morgan fingerprint density at radius 3 is 0.778 bits per heavy atom. The minimum Gasteiger partial charge on any atom is -0.750 e. The fraction of sp³-hybridized carbons (Fsp3) is 0.667. The standard InChI is InChI=1S/2C3H6O.2Na.2H2O3S/c2*1-3(2)4;;;2*1-4(2)3/h2*1-2H3;;;2*(H2,1,2,3)/q;;2*+1;;/p-2. The van der Waals surface area contributed by atoms with E-state index in [1.807, 2.05) is 0 Å². The summed E-state index contributed by atoms with van der Waals surface area (Å²) in [5.74, 6) is 0.333. The molecule has 0 aromatic carbocycles. The molecule has 2 N–H and O–H groups in total. The summed E-state index contributed by atoms with van der Waals surface area (Å²) in [7, 11) is 0. The van der Waals surface area contributed by atoms with Gasteiger partial charge in [0.2, 0.25) is 0 Å². The number of ketones is 2. The van der Waals surface area contributed by atoms with Crippen LogP contribution in [0.15, 0.2) is 0 Å². The normalized spacial score (nSPS) is 9.78. The fourth-order valence-electron chi connectivity index (χ4n) is 0. The van der Waals surface area contributed by atoms with Gasteiger partial charge in [-0.25, -0.2) is 8.42 Å². The molecule has 0 saturated carbocycles. The monoisotopic (exact) mass is 324 g/mol. The molecule has 0 rings (SSSR count). The van der Waals surface area contributed by atoms with Crippen molar-refractivity contribution in [3.05, 3.63) is 0 Å². The maximum atomic E-state index is 9.44. The molecule has 2 unspecified atom stereocenters. The molecular weight excluding hydrogens is 310 g/mol. The van der Waals surface area contributed by atoms with E-state index >= 15 is 0 Å². The van der Waals surface area contributed by atoms with Crippen LogP contribution in [0, 0.1) is 0 Å². The predicted molar refractivity (Wildman–Crippen MR) is 55.8 cm³/mol. The van der Waals surface area contributed by atoms with Gasteiger partial charge in [0.25, 0.3) is 0 Å². The summed E-state index contributed by atoms with van der Waals surface area (Å²) < 4.78 is 48.2. The van der Waals surface area contributed by atoms with Gasteiger partial charge in [-0.2, -0.15) is 0 Å². The molecule has 0 radical (unpaired) electrons. The summed E-state index contributed by atoms with van der Waals surface area (Å²) in [6.45, 7) is 6.11. The Hall–Kier alpha value is 1.48. The van der Waals surface area contributed by atoms with Crippen LogP contribution in [-0.2, 0) is 32.3 Å². The Balaban J connectivity index is -0.0000000257. The first-order valence-electron chi connectivity index (χ1n) is 3.44. The number of hydrogen-bond donors (Lipinski definition) is 2. The summed E-state index contributed by atoms with van der Waals surface area (Å²) in [6.07, 6.45) is 0. The van der Waals surface area contributed by atoms with Crippen molar-refractivity contribution in [1.82, 2.24) is 0 Å². The van der Waals surface area contributed by atoms with Gasteiger partial charge in [-0.05, 0) is 27.7 Å². The Morgan fingerprint density at radius 2 is 0.778 bits per heavy atom. The molecule has 0 saturated heterocycles. The second-order valence-electron chi connectivity index (χ2n) is 2.25. The Labute approximate surface area is 155 Å². The smallest absolute Gasteiger partial charge is 0.750 e. The van der Waals surface area contributed by atoms with Crippen LogP contribution in [0.3, 0.4) is 0 Å². The van der Waals surface area contributed by atoms with E-state index in [4.69, 9.17) is 26.6 Å². The second kappa shape index (κ2) is 31.1. The van der Waals surface area contributed by atoms with Gasteiger partial charge in [0.05, 0.1) is 22.7 Å². The number of carbonyl (C=O) groups excluding carboxylic acids is 2. The van der Waals surface area contributed by atoms with Crippen molar-refractivity contribution in [2.45, 2.75) is 27.7 Å².